The molecule has 0 aromatic carbocycles. The lowest BCUT2D eigenvalue weighted by Gasteiger charge is -2.07. The van der Waals surface area contributed by atoms with Crippen molar-refractivity contribution in [2.24, 2.45) is 7.05 Å². The summed E-state index contributed by atoms with van der Waals surface area (Å²) in [5.41, 5.74) is 1.88. The van der Waals surface area contributed by atoms with Crippen molar-refractivity contribution in [3.05, 3.63) is 47.5 Å². The third kappa shape index (κ3) is 4.38. The molecule has 0 radical (unpaired) electrons. The Hall–Kier alpha value is -2.70. The van der Waals surface area contributed by atoms with Crippen molar-refractivity contribution in [3.8, 4) is 0 Å². The van der Waals surface area contributed by atoms with Crippen LogP contribution in [0.3, 0.4) is 0 Å². The van der Waals surface area contributed by atoms with Gasteiger partial charge in [-0.15, -0.1) is 0 Å². The number of pyridine rings is 1. The summed E-state index contributed by atoms with van der Waals surface area (Å²) in [5, 5.41) is 9.80. The van der Waals surface area contributed by atoms with Gasteiger partial charge in [-0.3, -0.25) is 19.3 Å². The lowest BCUT2D eigenvalue weighted by molar-refractivity contribution is 0.0922. The Bertz CT molecular complexity index is 679. The van der Waals surface area contributed by atoms with Gasteiger partial charge in [0.2, 0.25) is 0 Å². The van der Waals surface area contributed by atoms with E-state index in [2.05, 4.69) is 20.7 Å². The number of nitrogens with one attached hydrogen (secondary N) is 2. The Morgan fingerprint density at radius 2 is 1.91 bits per heavy atom. The summed E-state index contributed by atoms with van der Waals surface area (Å²) < 4.78 is 1.57. The van der Waals surface area contributed by atoms with Gasteiger partial charge in [-0.2, -0.15) is 5.10 Å². The molecule has 0 spiro atoms. The first-order valence-corrected chi connectivity index (χ1v) is 7.49. The van der Waals surface area contributed by atoms with Crippen LogP contribution in [0, 0.1) is 0 Å². The van der Waals surface area contributed by atoms with Crippen LogP contribution in [-0.4, -0.2) is 39.7 Å². The maximum absolute atomic E-state index is 12.1. The fraction of sp³-hybridized carbons (Fsp3) is 0.375. The van der Waals surface area contributed by atoms with E-state index in [9.17, 15) is 9.59 Å². The zero-order chi connectivity index (χ0) is 16.8. The highest BCUT2D eigenvalue weighted by molar-refractivity contribution is 5.94. The van der Waals surface area contributed by atoms with Crippen molar-refractivity contribution in [1.82, 2.24) is 25.4 Å². The molecule has 7 heteroatoms. The van der Waals surface area contributed by atoms with Gasteiger partial charge in [0.15, 0.2) is 0 Å². The maximum atomic E-state index is 12.1. The van der Waals surface area contributed by atoms with Gasteiger partial charge in [0.25, 0.3) is 11.8 Å². The summed E-state index contributed by atoms with van der Waals surface area (Å²) in [6, 6.07) is 5.17. The van der Waals surface area contributed by atoms with E-state index in [0.29, 0.717) is 24.3 Å². The summed E-state index contributed by atoms with van der Waals surface area (Å²) in [4.78, 5) is 27.8. The minimum absolute atomic E-state index is 0.206. The van der Waals surface area contributed by atoms with Crippen LogP contribution < -0.4 is 10.6 Å². The molecule has 2 heterocycles. The van der Waals surface area contributed by atoms with Gasteiger partial charge in [0, 0.05) is 32.5 Å². The normalized spacial score (nSPS) is 10.6. The van der Waals surface area contributed by atoms with Crippen molar-refractivity contribution in [1.29, 1.82) is 0 Å². The van der Waals surface area contributed by atoms with E-state index in [0.717, 1.165) is 5.69 Å². The van der Waals surface area contributed by atoms with Gasteiger partial charge in [-0.25, -0.2) is 0 Å². The Kier molecular flexibility index (Phi) is 5.46. The number of rotatable bonds is 6. The van der Waals surface area contributed by atoms with Crippen LogP contribution in [0.1, 0.15) is 46.3 Å². The second-order valence-electron chi connectivity index (χ2n) is 5.49. The molecule has 2 aromatic rings. The number of aromatic nitrogens is 3. The smallest absolute Gasteiger partial charge is 0.269 e. The lowest BCUT2D eigenvalue weighted by Crippen LogP contribution is -2.35. The molecule has 0 fully saturated rings. The second kappa shape index (κ2) is 7.53. The topological polar surface area (TPSA) is 88.9 Å². The van der Waals surface area contributed by atoms with E-state index < -0.39 is 0 Å². The molecule has 2 amide bonds. The lowest BCUT2D eigenvalue weighted by atomic mass is 10.1. The van der Waals surface area contributed by atoms with E-state index in [-0.39, 0.29) is 17.7 Å². The number of aryl methyl sites for hydroxylation is 1. The molecule has 0 saturated carbocycles. The first-order valence-electron chi connectivity index (χ1n) is 7.49. The minimum atomic E-state index is -0.213. The van der Waals surface area contributed by atoms with Gasteiger partial charge >= 0.3 is 0 Å². The number of nitrogens with zero attached hydrogens (tertiary/aromatic N) is 3. The second-order valence-corrected chi connectivity index (χ2v) is 5.49. The molecule has 0 saturated heterocycles. The number of amides is 2. The molecule has 2 rings (SSSR count). The highest BCUT2D eigenvalue weighted by atomic mass is 16.2. The van der Waals surface area contributed by atoms with E-state index in [1.807, 2.05) is 13.8 Å². The van der Waals surface area contributed by atoms with Crippen LogP contribution in [0.4, 0.5) is 0 Å². The fourth-order valence-corrected chi connectivity index (χ4v) is 2.03. The average Bonchev–Trinajstić information content (AvgIpc) is 2.94. The van der Waals surface area contributed by atoms with Crippen molar-refractivity contribution in [3.63, 3.8) is 0 Å². The molecular weight excluding hydrogens is 294 g/mol. The van der Waals surface area contributed by atoms with E-state index in [1.165, 1.54) is 6.20 Å². The van der Waals surface area contributed by atoms with Crippen LogP contribution in [-0.2, 0) is 7.05 Å². The van der Waals surface area contributed by atoms with Crippen molar-refractivity contribution >= 4 is 11.8 Å². The zero-order valence-electron chi connectivity index (χ0n) is 13.5. The summed E-state index contributed by atoms with van der Waals surface area (Å²) in [6.45, 7) is 4.73. The monoisotopic (exact) mass is 315 g/mol. The van der Waals surface area contributed by atoms with E-state index in [1.54, 1.807) is 36.1 Å². The number of hydrogen-bond acceptors (Lipinski definition) is 4. The molecule has 0 bridgehead atoms. The largest absolute Gasteiger partial charge is 0.350 e. The molecule has 23 heavy (non-hydrogen) atoms. The van der Waals surface area contributed by atoms with Crippen LogP contribution in [0.5, 0.6) is 0 Å². The summed E-state index contributed by atoms with van der Waals surface area (Å²) >= 11 is 0. The number of carbonyl (C=O) groups excluding carboxylic acids is 2. The van der Waals surface area contributed by atoms with Crippen molar-refractivity contribution in [2.45, 2.75) is 19.8 Å². The maximum Gasteiger partial charge on any atom is 0.269 e. The minimum Gasteiger partial charge on any atom is -0.350 e. The van der Waals surface area contributed by atoms with E-state index >= 15 is 0 Å². The van der Waals surface area contributed by atoms with Crippen molar-refractivity contribution in [2.75, 3.05) is 13.1 Å². The predicted molar refractivity (Wildman–Crippen MR) is 86.2 cm³/mol. The first-order chi connectivity index (χ1) is 11.0. The molecule has 0 atom stereocenters. The Morgan fingerprint density at radius 1 is 1.22 bits per heavy atom. The van der Waals surface area contributed by atoms with Gasteiger partial charge in [-0.1, -0.05) is 13.8 Å². The molecule has 7 nitrogen and oxygen atoms in total. The molecule has 0 aliphatic rings. The van der Waals surface area contributed by atoms with Gasteiger partial charge in [0.1, 0.15) is 5.69 Å². The first kappa shape index (κ1) is 16.7. The summed E-state index contributed by atoms with van der Waals surface area (Å²) in [7, 11) is 1.74. The van der Waals surface area contributed by atoms with Gasteiger partial charge in [0.05, 0.1) is 11.3 Å². The third-order valence-electron chi connectivity index (χ3n) is 3.34. The average molecular weight is 315 g/mol. The Balaban J connectivity index is 1.80. The molecule has 0 aliphatic carbocycles. The SMILES string of the molecule is CC(C)c1cc(C(=O)NCCNC(=O)c2cccnc2)n(C)n1. The molecule has 122 valence electrons. The van der Waals surface area contributed by atoms with Gasteiger partial charge < -0.3 is 10.6 Å². The van der Waals surface area contributed by atoms with Gasteiger partial charge in [-0.05, 0) is 24.1 Å². The zero-order valence-corrected chi connectivity index (χ0v) is 13.5. The number of hydrogen-bond donors (Lipinski definition) is 2. The van der Waals surface area contributed by atoms with Crippen LogP contribution in [0.15, 0.2) is 30.6 Å². The third-order valence-corrected chi connectivity index (χ3v) is 3.34. The summed E-state index contributed by atoms with van der Waals surface area (Å²) in [6.07, 6.45) is 3.10. The molecule has 0 aliphatic heterocycles. The molecule has 2 aromatic heterocycles. The number of carbonyl (C=O) groups is 2. The fourth-order valence-electron chi connectivity index (χ4n) is 2.03. The van der Waals surface area contributed by atoms with Crippen LogP contribution >= 0.6 is 0 Å². The Labute approximate surface area is 135 Å². The quantitative estimate of drug-likeness (QED) is 0.781. The molecule has 0 unspecified atom stereocenters. The molecule has 2 N–H and O–H groups in total. The predicted octanol–water partition coefficient (Wildman–Crippen LogP) is 1.10. The van der Waals surface area contributed by atoms with Crippen LogP contribution in [0.2, 0.25) is 0 Å². The summed E-state index contributed by atoms with van der Waals surface area (Å²) in [5.74, 6) is -0.154. The van der Waals surface area contributed by atoms with E-state index in [4.69, 9.17) is 0 Å². The Morgan fingerprint density at radius 3 is 2.48 bits per heavy atom. The van der Waals surface area contributed by atoms with Crippen molar-refractivity contribution < 1.29 is 9.59 Å². The van der Waals surface area contributed by atoms with Crippen LogP contribution in [0.25, 0.3) is 0 Å². The molecular formula is C16H21N5O2. The highest BCUT2D eigenvalue weighted by Crippen LogP contribution is 2.13. The highest BCUT2D eigenvalue weighted by Gasteiger charge is 2.14. The standard InChI is InChI=1S/C16H21N5O2/c1-11(2)13-9-14(21(3)20-13)16(23)19-8-7-18-15(22)12-5-4-6-17-10-12/h4-6,9-11H,7-8H2,1-3H3,(H,18,22)(H,19,23).